The molecule has 0 fully saturated rings. The normalized spacial score (nSPS) is 12.8. The number of nitrogens with two attached hydrogens (primary N) is 1. The van der Waals surface area contributed by atoms with E-state index in [0.717, 1.165) is 19.4 Å². The summed E-state index contributed by atoms with van der Waals surface area (Å²) >= 11 is 0. The molecule has 4 N–H and O–H groups in total. The largest absolute Gasteiger partial charge is 0.370 e. The number of nitrogens with zero attached hydrogens (tertiary/aromatic N) is 3. The molecule has 0 aromatic carbocycles. The molecule has 0 saturated carbocycles. The quantitative estimate of drug-likeness (QED) is 0.676. The van der Waals surface area contributed by atoms with Crippen LogP contribution in [0.4, 0.5) is 5.82 Å². The SMILES string of the molecule is CCC(N)CCNc1cc2n[nH]c(=O)n2cn1. The number of anilines is 1. The van der Waals surface area contributed by atoms with E-state index in [4.69, 9.17) is 5.73 Å². The summed E-state index contributed by atoms with van der Waals surface area (Å²) in [6, 6.07) is 1.93. The van der Waals surface area contributed by atoms with Gasteiger partial charge in [-0.15, -0.1) is 0 Å². The molecule has 7 nitrogen and oxygen atoms in total. The average Bonchev–Trinajstić information content (AvgIpc) is 2.70. The van der Waals surface area contributed by atoms with Gasteiger partial charge < -0.3 is 11.1 Å². The molecule has 2 rings (SSSR count). The zero-order valence-corrected chi connectivity index (χ0v) is 9.68. The Balaban J connectivity index is 2.02. The monoisotopic (exact) mass is 236 g/mol. The number of fused-ring (bicyclic) bond motifs is 1. The van der Waals surface area contributed by atoms with E-state index in [0.29, 0.717) is 11.5 Å². The van der Waals surface area contributed by atoms with Gasteiger partial charge >= 0.3 is 5.69 Å². The molecule has 0 aliphatic carbocycles. The van der Waals surface area contributed by atoms with E-state index in [1.165, 1.54) is 10.7 Å². The van der Waals surface area contributed by atoms with Gasteiger partial charge in [0.1, 0.15) is 12.1 Å². The van der Waals surface area contributed by atoms with Gasteiger partial charge in [0.25, 0.3) is 0 Å². The molecule has 1 unspecified atom stereocenters. The Bertz CT molecular complexity index is 545. The van der Waals surface area contributed by atoms with Crippen LogP contribution in [0.15, 0.2) is 17.2 Å². The van der Waals surface area contributed by atoms with Gasteiger partial charge in [0, 0.05) is 18.7 Å². The third-order valence-electron chi connectivity index (χ3n) is 2.66. The summed E-state index contributed by atoms with van der Waals surface area (Å²) in [6.45, 7) is 2.82. The number of hydrogen-bond donors (Lipinski definition) is 3. The van der Waals surface area contributed by atoms with Crippen molar-refractivity contribution in [2.24, 2.45) is 5.73 Å². The fourth-order valence-corrected chi connectivity index (χ4v) is 1.50. The number of rotatable bonds is 5. The molecule has 17 heavy (non-hydrogen) atoms. The molecule has 7 heteroatoms. The van der Waals surface area contributed by atoms with Crippen LogP contribution in [0.2, 0.25) is 0 Å². The lowest BCUT2D eigenvalue weighted by Crippen LogP contribution is -2.22. The predicted molar refractivity (Wildman–Crippen MR) is 65.0 cm³/mol. The standard InChI is InChI=1S/C10H16N6O/c1-2-7(11)3-4-12-8-5-9-14-15-10(17)16(9)6-13-8/h5-7,12H,2-4,11H2,1H3,(H,15,17). The Morgan fingerprint density at radius 3 is 3.24 bits per heavy atom. The van der Waals surface area contributed by atoms with Gasteiger partial charge in [-0.3, -0.25) is 0 Å². The average molecular weight is 236 g/mol. The minimum absolute atomic E-state index is 0.208. The molecule has 2 aromatic heterocycles. The number of aromatic nitrogens is 4. The molecule has 92 valence electrons. The van der Waals surface area contributed by atoms with E-state index in [1.807, 2.05) is 0 Å². The van der Waals surface area contributed by atoms with Crippen molar-refractivity contribution in [1.29, 1.82) is 0 Å². The van der Waals surface area contributed by atoms with E-state index in [1.54, 1.807) is 6.07 Å². The maximum Gasteiger partial charge on any atom is 0.348 e. The van der Waals surface area contributed by atoms with Crippen molar-refractivity contribution in [2.75, 3.05) is 11.9 Å². The van der Waals surface area contributed by atoms with Crippen molar-refractivity contribution in [3.05, 3.63) is 22.9 Å². The van der Waals surface area contributed by atoms with Crippen molar-refractivity contribution in [2.45, 2.75) is 25.8 Å². The Morgan fingerprint density at radius 1 is 1.65 bits per heavy atom. The molecule has 1 atom stereocenters. The van der Waals surface area contributed by atoms with Crippen molar-refractivity contribution < 1.29 is 0 Å². The summed E-state index contributed by atoms with van der Waals surface area (Å²) < 4.78 is 1.35. The molecule has 0 spiro atoms. The highest BCUT2D eigenvalue weighted by molar-refractivity contribution is 5.48. The van der Waals surface area contributed by atoms with Crippen LogP contribution in [0.25, 0.3) is 5.65 Å². The number of aromatic amines is 1. The van der Waals surface area contributed by atoms with Gasteiger partial charge in [-0.05, 0) is 12.8 Å². The Kier molecular flexibility index (Phi) is 3.38. The summed E-state index contributed by atoms with van der Waals surface area (Å²) in [5.41, 5.74) is 6.07. The third-order valence-corrected chi connectivity index (χ3v) is 2.66. The van der Waals surface area contributed by atoms with E-state index >= 15 is 0 Å². The van der Waals surface area contributed by atoms with Crippen LogP contribution in [0.1, 0.15) is 19.8 Å². The summed E-state index contributed by atoms with van der Waals surface area (Å²) in [5, 5.41) is 9.37. The predicted octanol–water partition coefficient (Wildman–Crippen LogP) is -0.0431. The molecular formula is C10H16N6O. The zero-order valence-electron chi connectivity index (χ0n) is 9.68. The minimum Gasteiger partial charge on any atom is -0.370 e. The highest BCUT2D eigenvalue weighted by Gasteiger charge is 2.03. The van der Waals surface area contributed by atoms with Gasteiger partial charge in [-0.1, -0.05) is 6.92 Å². The molecule has 0 amide bonds. The summed E-state index contributed by atoms with van der Waals surface area (Å²) in [4.78, 5) is 15.3. The molecule has 2 aromatic rings. The molecule has 0 aliphatic heterocycles. The second kappa shape index (κ2) is 4.96. The zero-order chi connectivity index (χ0) is 12.3. The Hall–Kier alpha value is -1.89. The fourth-order valence-electron chi connectivity index (χ4n) is 1.50. The molecule has 0 aliphatic rings. The molecule has 0 saturated heterocycles. The molecule has 2 heterocycles. The fraction of sp³-hybridized carbons (Fsp3) is 0.500. The number of nitrogens with one attached hydrogen (secondary N) is 2. The van der Waals surface area contributed by atoms with Crippen molar-refractivity contribution >= 4 is 11.5 Å². The lowest BCUT2D eigenvalue weighted by atomic mass is 10.2. The van der Waals surface area contributed by atoms with Crippen LogP contribution in [0.5, 0.6) is 0 Å². The maximum absolute atomic E-state index is 11.2. The van der Waals surface area contributed by atoms with E-state index in [-0.39, 0.29) is 11.7 Å². The van der Waals surface area contributed by atoms with E-state index < -0.39 is 0 Å². The van der Waals surface area contributed by atoms with Gasteiger partial charge in [-0.2, -0.15) is 5.10 Å². The molecule has 0 radical (unpaired) electrons. The summed E-state index contributed by atoms with van der Waals surface area (Å²) in [7, 11) is 0. The first-order chi connectivity index (χ1) is 8.20. The lowest BCUT2D eigenvalue weighted by Gasteiger charge is -2.09. The smallest absolute Gasteiger partial charge is 0.348 e. The highest BCUT2D eigenvalue weighted by atomic mass is 16.1. The van der Waals surface area contributed by atoms with E-state index in [9.17, 15) is 4.79 Å². The third kappa shape index (κ3) is 2.62. The van der Waals surface area contributed by atoms with Crippen LogP contribution in [0.3, 0.4) is 0 Å². The first-order valence-electron chi connectivity index (χ1n) is 5.63. The van der Waals surface area contributed by atoms with E-state index in [2.05, 4.69) is 27.4 Å². The summed E-state index contributed by atoms with van der Waals surface area (Å²) in [6.07, 6.45) is 3.29. The van der Waals surface area contributed by atoms with Gasteiger partial charge in [0.05, 0.1) is 0 Å². The number of hydrogen-bond acceptors (Lipinski definition) is 5. The van der Waals surface area contributed by atoms with Crippen molar-refractivity contribution in [1.82, 2.24) is 19.6 Å². The highest BCUT2D eigenvalue weighted by Crippen LogP contribution is 2.04. The second-order valence-corrected chi connectivity index (χ2v) is 3.91. The summed E-state index contributed by atoms with van der Waals surface area (Å²) in [5.74, 6) is 0.694. The topological polar surface area (TPSA) is 101 Å². The minimum atomic E-state index is -0.285. The first kappa shape index (κ1) is 11.6. The van der Waals surface area contributed by atoms with Gasteiger partial charge in [0.15, 0.2) is 5.65 Å². The second-order valence-electron chi connectivity index (χ2n) is 3.91. The molecular weight excluding hydrogens is 220 g/mol. The van der Waals surface area contributed by atoms with Gasteiger partial charge in [0.2, 0.25) is 0 Å². The van der Waals surface area contributed by atoms with Crippen LogP contribution >= 0.6 is 0 Å². The van der Waals surface area contributed by atoms with Crippen LogP contribution in [-0.4, -0.2) is 32.2 Å². The van der Waals surface area contributed by atoms with Gasteiger partial charge in [-0.25, -0.2) is 19.3 Å². The van der Waals surface area contributed by atoms with Crippen LogP contribution < -0.4 is 16.7 Å². The van der Waals surface area contributed by atoms with Crippen molar-refractivity contribution in [3.8, 4) is 0 Å². The van der Waals surface area contributed by atoms with Crippen LogP contribution in [0, 0.1) is 0 Å². The van der Waals surface area contributed by atoms with Crippen LogP contribution in [-0.2, 0) is 0 Å². The molecule has 0 bridgehead atoms. The Labute approximate surface area is 98.1 Å². The maximum atomic E-state index is 11.2. The van der Waals surface area contributed by atoms with Crippen molar-refractivity contribution in [3.63, 3.8) is 0 Å². The Morgan fingerprint density at radius 2 is 2.47 bits per heavy atom. The lowest BCUT2D eigenvalue weighted by molar-refractivity contribution is 0.613. The number of H-pyrrole nitrogens is 1. The first-order valence-corrected chi connectivity index (χ1v) is 5.63.